The van der Waals surface area contributed by atoms with E-state index in [-0.39, 0.29) is 0 Å². The lowest BCUT2D eigenvalue weighted by Crippen LogP contribution is -2.24. The van der Waals surface area contributed by atoms with Gasteiger partial charge in [-0.3, -0.25) is 0 Å². The van der Waals surface area contributed by atoms with E-state index >= 15 is 0 Å². The SMILES string of the molecule is C=C(CNC)CN(C)c1cccc(OC)c1. The molecule has 0 spiro atoms. The molecule has 0 aliphatic heterocycles. The highest BCUT2D eigenvalue weighted by Crippen LogP contribution is 2.20. The van der Waals surface area contributed by atoms with Crippen LogP contribution in [-0.2, 0) is 0 Å². The van der Waals surface area contributed by atoms with Crippen molar-refractivity contribution >= 4 is 5.69 Å². The molecule has 0 aromatic heterocycles. The van der Waals surface area contributed by atoms with Crippen LogP contribution in [0.15, 0.2) is 36.4 Å². The highest BCUT2D eigenvalue weighted by atomic mass is 16.5. The van der Waals surface area contributed by atoms with Crippen molar-refractivity contribution in [2.24, 2.45) is 0 Å². The summed E-state index contributed by atoms with van der Waals surface area (Å²) in [6, 6.07) is 8.02. The first-order valence-electron chi connectivity index (χ1n) is 5.34. The van der Waals surface area contributed by atoms with Crippen molar-refractivity contribution in [3.8, 4) is 5.75 Å². The molecule has 0 saturated heterocycles. The minimum atomic E-state index is 0.841. The normalized spacial score (nSPS) is 9.94. The smallest absolute Gasteiger partial charge is 0.120 e. The first-order valence-corrected chi connectivity index (χ1v) is 5.34. The molecule has 88 valence electrons. The zero-order valence-electron chi connectivity index (χ0n) is 10.3. The third-order valence-electron chi connectivity index (χ3n) is 2.38. The second-order valence-corrected chi connectivity index (χ2v) is 3.84. The zero-order chi connectivity index (χ0) is 12.0. The summed E-state index contributed by atoms with van der Waals surface area (Å²) >= 11 is 0. The molecule has 0 unspecified atom stereocenters. The van der Waals surface area contributed by atoms with E-state index in [0.29, 0.717) is 0 Å². The van der Waals surface area contributed by atoms with Crippen molar-refractivity contribution in [3.63, 3.8) is 0 Å². The Balaban J connectivity index is 2.64. The Morgan fingerprint density at radius 1 is 1.50 bits per heavy atom. The van der Waals surface area contributed by atoms with E-state index in [0.717, 1.165) is 30.1 Å². The number of methoxy groups -OCH3 is 1. The molecular weight excluding hydrogens is 200 g/mol. The number of nitrogens with zero attached hydrogens (tertiary/aromatic N) is 1. The second-order valence-electron chi connectivity index (χ2n) is 3.84. The topological polar surface area (TPSA) is 24.5 Å². The average Bonchev–Trinajstić information content (AvgIpc) is 2.29. The highest BCUT2D eigenvalue weighted by Gasteiger charge is 2.03. The van der Waals surface area contributed by atoms with Crippen molar-refractivity contribution in [2.75, 3.05) is 39.2 Å². The Labute approximate surface area is 97.7 Å². The molecule has 0 amide bonds. The van der Waals surface area contributed by atoms with Gasteiger partial charge < -0.3 is 15.0 Å². The van der Waals surface area contributed by atoms with Crippen LogP contribution < -0.4 is 15.0 Å². The fourth-order valence-electron chi connectivity index (χ4n) is 1.58. The van der Waals surface area contributed by atoms with Gasteiger partial charge in [-0.1, -0.05) is 12.6 Å². The van der Waals surface area contributed by atoms with Crippen LogP contribution in [0, 0.1) is 0 Å². The highest BCUT2D eigenvalue weighted by molar-refractivity contribution is 5.50. The molecule has 1 N–H and O–H groups in total. The number of nitrogens with one attached hydrogen (secondary N) is 1. The Kier molecular flexibility index (Phi) is 4.86. The Morgan fingerprint density at radius 2 is 2.25 bits per heavy atom. The molecule has 0 radical (unpaired) electrons. The van der Waals surface area contributed by atoms with Gasteiger partial charge in [-0.2, -0.15) is 0 Å². The van der Waals surface area contributed by atoms with Crippen molar-refractivity contribution < 1.29 is 4.74 Å². The molecule has 0 bridgehead atoms. The van der Waals surface area contributed by atoms with E-state index in [2.05, 4.69) is 29.9 Å². The predicted molar refractivity (Wildman–Crippen MR) is 69.3 cm³/mol. The van der Waals surface area contributed by atoms with Crippen LogP contribution in [0.1, 0.15) is 0 Å². The van der Waals surface area contributed by atoms with Gasteiger partial charge in [0.1, 0.15) is 5.75 Å². The van der Waals surface area contributed by atoms with Crippen LogP contribution in [-0.4, -0.2) is 34.3 Å². The number of benzene rings is 1. The van der Waals surface area contributed by atoms with Crippen molar-refractivity contribution in [1.29, 1.82) is 0 Å². The first-order chi connectivity index (χ1) is 7.67. The summed E-state index contributed by atoms with van der Waals surface area (Å²) in [7, 11) is 5.66. The molecule has 1 aromatic carbocycles. The quantitative estimate of drug-likeness (QED) is 0.741. The number of likely N-dealkylation sites (N-methyl/N-ethyl adjacent to an activating group) is 2. The maximum atomic E-state index is 5.20. The van der Waals surface area contributed by atoms with E-state index in [1.54, 1.807) is 7.11 Å². The molecular formula is C13H20N2O. The van der Waals surface area contributed by atoms with Crippen LogP contribution in [0.4, 0.5) is 5.69 Å². The monoisotopic (exact) mass is 220 g/mol. The van der Waals surface area contributed by atoms with Gasteiger partial charge in [0.15, 0.2) is 0 Å². The molecule has 0 aliphatic carbocycles. The molecule has 0 saturated carbocycles. The standard InChI is InChI=1S/C13H20N2O/c1-11(9-14-2)10-15(3)12-6-5-7-13(8-12)16-4/h5-8,14H,1,9-10H2,2-4H3. The van der Waals surface area contributed by atoms with Gasteiger partial charge in [0, 0.05) is 31.9 Å². The molecule has 3 heteroatoms. The van der Waals surface area contributed by atoms with Gasteiger partial charge in [-0.15, -0.1) is 0 Å². The summed E-state index contributed by atoms with van der Waals surface area (Å²) in [6.45, 7) is 5.70. The molecule has 1 aromatic rings. The van der Waals surface area contributed by atoms with Gasteiger partial charge in [0.25, 0.3) is 0 Å². The lowest BCUT2D eigenvalue weighted by atomic mass is 10.2. The number of hydrogen-bond acceptors (Lipinski definition) is 3. The summed E-state index contributed by atoms with van der Waals surface area (Å²) in [5, 5.41) is 3.10. The van der Waals surface area contributed by atoms with Crippen molar-refractivity contribution in [1.82, 2.24) is 5.32 Å². The van der Waals surface area contributed by atoms with Gasteiger partial charge in [-0.25, -0.2) is 0 Å². The predicted octanol–water partition coefficient (Wildman–Crippen LogP) is 1.91. The number of hydrogen-bond donors (Lipinski definition) is 1. The maximum Gasteiger partial charge on any atom is 0.120 e. The lowest BCUT2D eigenvalue weighted by molar-refractivity contribution is 0.415. The van der Waals surface area contributed by atoms with Gasteiger partial charge in [0.2, 0.25) is 0 Å². The summed E-state index contributed by atoms with van der Waals surface area (Å²) < 4.78 is 5.20. The minimum absolute atomic E-state index is 0.841. The van der Waals surface area contributed by atoms with E-state index in [9.17, 15) is 0 Å². The summed E-state index contributed by atoms with van der Waals surface area (Å²) in [5.41, 5.74) is 2.30. The Hall–Kier alpha value is -1.48. The van der Waals surface area contributed by atoms with Gasteiger partial charge in [0.05, 0.1) is 7.11 Å². The third kappa shape index (κ3) is 3.59. The largest absolute Gasteiger partial charge is 0.497 e. The summed E-state index contributed by atoms with van der Waals surface area (Å²) in [5.74, 6) is 0.878. The summed E-state index contributed by atoms with van der Waals surface area (Å²) in [6.07, 6.45) is 0. The molecule has 3 nitrogen and oxygen atoms in total. The zero-order valence-corrected chi connectivity index (χ0v) is 10.3. The van der Waals surface area contributed by atoms with E-state index in [1.807, 2.05) is 25.2 Å². The maximum absolute atomic E-state index is 5.20. The molecule has 0 fully saturated rings. The van der Waals surface area contributed by atoms with E-state index < -0.39 is 0 Å². The van der Waals surface area contributed by atoms with Crippen LogP contribution in [0.5, 0.6) is 5.75 Å². The Bertz CT molecular complexity index is 350. The summed E-state index contributed by atoms with van der Waals surface area (Å²) in [4.78, 5) is 2.15. The van der Waals surface area contributed by atoms with Crippen LogP contribution in [0.2, 0.25) is 0 Å². The molecule has 0 aliphatic rings. The number of rotatable bonds is 6. The van der Waals surface area contributed by atoms with E-state index in [4.69, 9.17) is 4.74 Å². The molecule has 0 heterocycles. The fourth-order valence-corrected chi connectivity index (χ4v) is 1.58. The molecule has 1 rings (SSSR count). The number of ether oxygens (including phenoxy) is 1. The Morgan fingerprint density at radius 3 is 2.88 bits per heavy atom. The van der Waals surface area contributed by atoms with Crippen LogP contribution >= 0.6 is 0 Å². The van der Waals surface area contributed by atoms with Crippen molar-refractivity contribution in [3.05, 3.63) is 36.4 Å². The second kappa shape index (κ2) is 6.18. The first kappa shape index (κ1) is 12.6. The molecule has 16 heavy (non-hydrogen) atoms. The fraction of sp³-hybridized carbons (Fsp3) is 0.385. The van der Waals surface area contributed by atoms with E-state index in [1.165, 1.54) is 0 Å². The molecule has 0 atom stereocenters. The van der Waals surface area contributed by atoms with Crippen LogP contribution in [0.3, 0.4) is 0 Å². The minimum Gasteiger partial charge on any atom is -0.497 e. The van der Waals surface area contributed by atoms with Crippen molar-refractivity contribution in [2.45, 2.75) is 0 Å². The van der Waals surface area contributed by atoms with Gasteiger partial charge >= 0.3 is 0 Å². The van der Waals surface area contributed by atoms with Gasteiger partial charge in [-0.05, 0) is 24.8 Å². The lowest BCUT2D eigenvalue weighted by Gasteiger charge is -2.21. The average molecular weight is 220 g/mol. The third-order valence-corrected chi connectivity index (χ3v) is 2.38. The van der Waals surface area contributed by atoms with Crippen LogP contribution in [0.25, 0.3) is 0 Å². The number of anilines is 1.